The number of ether oxygens (including phenoxy) is 2. The van der Waals surface area contributed by atoms with Gasteiger partial charge in [-0.3, -0.25) is 0 Å². The molecule has 5 nitrogen and oxygen atoms in total. The van der Waals surface area contributed by atoms with E-state index in [0.717, 1.165) is 5.56 Å². The maximum atomic E-state index is 14.4. The molecule has 0 unspecified atom stereocenters. The lowest BCUT2D eigenvalue weighted by Crippen LogP contribution is -2.43. The van der Waals surface area contributed by atoms with Gasteiger partial charge in [0.05, 0.1) is 0 Å². The van der Waals surface area contributed by atoms with Crippen LogP contribution in [0.15, 0.2) is 18.2 Å². The minimum Gasteiger partial charge on any atom is -0.460 e. The molecular formula is C21H32FNO4. The molecule has 0 aliphatic heterocycles. The summed E-state index contributed by atoms with van der Waals surface area (Å²) in [6.45, 7) is 14.2. The van der Waals surface area contributed by atoms with Gasteiger partial charge in [-0.1, -0.05) is 26.0 Å². The molecule has 6 heteroatoms. The second-order valence-electron chi connectivity index (χ2n) is 8.30. The number of aryl methyl sites for hydroxylation is 1. The van der Waals surface area contributed by atoms with Gasteiger partial charge in [0.25, 0.3) is 0 Å². The molecule has 0 saturated heterocycles. The summed E-state index contributed by atoms with van der Waals surface area (Å²) in [6.07, 6.45) is -1.25. The number of carbonyl (C=O) groups is 2. The van der Waals surface area contributed by atoms with E-state index in [0.29, 0.717) is 5.56 Å². The maximum Gasteiger partial charge on any atom is 0.408 e. The van der Waals surface area contributed by atoms with Gasteiger partial charge in [-0.15, -0.1) is 0 Å². The SMILES string of the molecule is Cc1ccc([C@H](C(C)C)[C@H](C)OC(=O)[C@H](C)NC(=O)OC(C)(C)C)c(F)c1. The molecule has 27 heavy (non-hydrogen) atoms. The zero-order valence-corrected chi connectivity index (χ0v) is 17.6. The quantitative estimate of drug-likeness (QED) is 0.724. The molecule has 1 rings (SSSR count). The highest BCUT2D eigenvalue weighted by Gasteiger charge is 2.30. The first kappa shape index (κ1) is 22.9. The van der Waals surface area contributed by atoms with E-state index >= 15 is 0 Å². The number of alkyl carbamates (subject to hydrolysis) is 1. The maximum absolute atomic E-state index is 14.4. The summed E-state index contributed by atoms with van der Waals surface area (Å²) in [5.41, 5.74) is 0.689. The summed E-state index contributed by atoms with van der Waals surface area (Å²) in [6, 6.07) is 4.18. The van der Waals surface area contributed by atoms with E-state index in [1.807, 2.05) is 26.8 Å². The van der Waals surface area contributed by atoms with Crippen molar-refractivity contribution < 1.29 is 23.5 Å². The minimum atomic E-state index is -0.877. The Hall–Kier alpha value is -2.11. The van der Waals surface area contributed by atoms with E-state index in [4.69, 9.17) is 9.47 Å². The number of halogens is 1. The molecule has 0 heterocycles. The van der Waals surface area contributed by atoms with Crippen molar-refractivity contribution in [1.29, 1.82) is 0 Å². The molecule has 0 spiro atoms. The molecule has 0 saturated carbocycles. The van der Waals surface area contributed by atoms with Crippen LogP contribution in [0, 0.1) is 18.7 Å². The van der Waals surface area contributed by atoms with Crippen LogP contribution in [0.4, 0.5) is 9.18 Å². The Kier molecular flexibility index (Phi) is 7.81. The summed E-state index contributed by atoms with van der Waals surface area (Å²) in [7, 11) is 0. The Morgan fingerprint density at radius 3 is 2.19 bits per heavy atom. The lowest BCUT2D eigenvalue weighted by molar-refractivity contribution is -0.152. The first-order valence-corrected chi connectivity index (χ1v) is 9.28. The highest BCUT2D eigenvalue weighted by atomic mass is 19.1. The molecule has 152 valence electrons. The van der Waals surface area contributed by atoms with E-state index < -0.39 is 29.8 Å². The molecule has 0 aliphatic rings. The Morgan fingerprint density at radius 2 is 1.70 bits per heavy atom. The molecule has 0 bridgehead atoms. The van der Waals surface area contributed by atoms with Gasteiger partial charge in [-0.2, -0.15) is 0 Å². The first-order chi connectivity index (χ1) is 12.3. The normalized spacial score (nSPS) is 15.0. The molecule has 1 N–H and O–H groups in total. The number of amides is 1. The van der Waals surface area contributed by atoms with Crippen LogP contribution in [0.25, 0.3) is 0 Å². The predicted octanol–water partition coefficient (Wildman–Crippen LogP) is 4.72. The number of hydrogen-bond acceptors (Lipinski definition) is 4. The summed E-state index contributed by atoms with van der Waals surface area (Å²) >= 11 is 0. The predicted molar refractivity (Wildman–Crippen MR) is 103 cm³/mol. The van der Waals surface area contributed by atoms with Crippen molar-refractivity contribution in [2.75, 3.05) is 0 Å². The summed E-state index contributed by atoms with van der Waals surface area (Å²) in [5, 5.41) is 2.46. The molecule has 0 radical (unpaired) electrons. The van der Waals surface area contributed by atoms with Gasteiger partial charge >= 0.3 is 12.1 Å². The van der Waals surface area contributed by atoms with Gasteiger partial charge < -0.3 is 14.8 Å². The third-order valence-corrected chi connectivity index (χ3v) is 4.13. The molecule has 3 atom stereocenters. The van der Waals surface area contributed by atoms with Crippen molar-refractivity contribution in [2.24, 2.45) is 5.92 Å². The van der Waals surface area contributed by atoms with E-state index in [-0.39, 0.29) is 17.7 Å². The zero-order valence-electron chi connectivity index (χ0n) is 17.6. The largest absolute Gasteiger partial charge is 0.460 e. The summed E-state index contributed by atoms with van der Waals surface area (Å²) < 4.78 is 25.1. The fraction of sp³-hybridized carbons (Fsp3) is 0.619. The van der Waals surface area contributed by atoms with Crippen molar-refractivity contribution in [1.82, 2.24) is 5.32 Å². The van der Waals surface area contributed by atoms with Crippen molar-refractivity contribution >= 4 is 12.1 Å². The number of benzene rings is 1. The van der Waals surface area contributed by atoms with Crippen molar-refractivity contribution in [2.45, 2.75) is 79.1 Å². The fourth-order valence-corrected chi connectivity index (χ4v) is 2.96. The number of rotatable bonds is 6. The van der Waals surface area contributed by atoms with Crippen molar-refractivity contribution in [3.63, 3.8) is 0 Å². The summed E-state index contributed by atoms with van der Waals surface area (Å²) in [5.74, 6) is -1.15. The Morgan fingerprint density at radius 1 is 1.11 bits per heavy atom. The minimum absolute atomic E-state index is 0.0547. The van der Waals surface area contributed by atoms with Gasteiger partial charge in [-0.05, 0) is 64.7 Å². The third-order valence-electron chi connectivity index (χ3n) is 4.13. The molecule has 1 aromatic carbocycles. The van der Waals surface area contributed by atoms with E-state index in [9.17, 15) is 14.0 Å². The van der Waals surface area contributed by atoms with Crippen LogP contribution in [0.1, 0.15) is 65.5 Å². The summed E-state index contributed by atoms with van der Waals surface area (Å²) in [4.78, 5) is 24.2. The van der Waals surface area contributed by atoms with Gasteiger partial charge in [-0.25, -0.2) is 14.0 Å². The van der Waals surface area contributed by atoms with E-state index in [1.165, 1.54) is 13.0 Å². The Labute approximate surface area is 161 Å². The number of hydrogen-bond donors (Lipinski definition) is 1. The van der Waals surface area contributed by atoms with Crippen molar-refractivity contribution in [3.05, 3.63) is 35.1 Å². The van der Waals surface area contributed by atoms with Crippen LogP contribution in [-0.2, 0) is 14.3 Å². The number of esters is 1. The van der Waals surface area contributed by atoms with Crippen LogP contribution < -0.4 is 5.32 Å². The van der Waals surface area contributed by atoms with Crippen LogP contribution in [-0.4, -0.2) is 29.8 Å². The van der Waals surface area contributed by atoms with E-state index in [2.05, 4.69) is 5.32 Å². The molecule has 1 aromatic rings. The number of nitrogens with one attached hydrogen (secondary N) is 1. The van der Waals surface area contributed by atoms with Crippen LogP contribution in [0.5, 0.6) is 0 Å². The average Bonchev–Trinajstić information content (AvgIpc) is 2.47. The highest BCUT2D eigenvalue weighted by Crippen LogP contribution is 2.32. The second kappa shape index (κ2) is 9.20. The zero-order chi connectivity index (χ0) is 20.9. The molecule has 0 aromatic heterocycles. The molecular weight excluding hydrogens is 349 g/mol. The van der Waals surface area contributed by atoms with Crippen LogP contribution in [0.3, 0.4) is 0 Å². The topological polar surface area (TPSA) is 64.6 Å². The van der Waals surface area contributed by atoms with Gasteiger partial charge in [0.15, 0.2) is 0 Å². The van der Waals surface area contributed by atoms with Gasteiger partial charge in [0.2, 0.25) is 0 Å². The third kappa shape index (κ3) is 7.19. The van der Waals surface area contributed by atoms with Gasteiger partial charge in [0, 0.05) is 5.92 Å². The second-order valence-corrected chi connectivity index (χ2v) is 8.30. The smallest absolute Gasteiger partial charge is 0.408 e. The molecule has 0 aliphatic carbocycles. The van der Waals surface area contributed by atoms with Crippen LogP contribution >= 0.6 is 0 Å². The Balaban J connectivity index is 2.82. The fourth-order valence-electron chi connectivity index (χ4n) is 2.96. The monoisotopic (exact) mass is 381 g/mol. The Bertz CT molecular complexity index is 667. The van der Waals surface area contributed by atoms with Gasteiger partial charge in [0.1, 0.15) is 23.6 Å². The molecule has 0 fully saturated rings. The first-order valence-electron chi connectivity index (χ1n) is 9.28. The molecule has 1 amide bonds. The lowest BCUT2D eigenvalue weighted by Gasteiger charge is -2.29. The number of carbonyl (C=O) groups excluding carboxylic acids is 2. The lowest BCUT2D eigenvalue weighted by atomic mass is 9.83. The van der Waals surface area contributed by atoms with E-state index in [1.54, 1.807) is 33.8 Å². The standard InChI is InChI=1S/C21H32FNO4/c1-12(2)18(16-10-9-13(3)11-17(16)22)15(5)26-19(24)14(4)23-20(25)27-21(6,7)8/h9-12,14-15,18H,1-8H3,(H,23,25)/t14-,15-,18+/m0/s1. The van der Waals surface area contributed by atoms with Crippen LogP contribution in [0.2, 0.25) is 0 Å². The average molecular weight is 381 g/mol. The highest BCUT2D eigenvalue weighted by molar-refractivity contribution is 5.81. The van der Waals surface area contributed by atoms with Crippen molar-refractivity contribution in [3.8, 4) is 0 Å².